The summed E-state index contributed by atoms with van der Waals surface area (Å²) in [6.45, 7) is 0. The Balaban J connectivity index is 0.00000156. The Kier molecular flexibility index (Phi) is 4.61. The summed E-state index contributed by atoms with van der Waals surface area (Å²) in [4.78, 5) is 8.75. The van der Waals surface area contributed by atoms with Gasteiger partial charge in [-0.15, -0.1) is 29.8 Å². The van der Waals surface area contributed by atoms with E-state index in [0.717, 1.165) is 27.8 Å². The largest absolute Gasteiger partial charge is 0.304 e. The molecule has 2 nitrogen and oxygen atoms in total. The second kappa shape index (κ2) is 6.82. The van der Waals surface area contributed by atoms with Gasteiger partial charge in [0.1, 0.15) is 0 Å². The fraction of sp³-hybridized carbons (Fsp3) is 0. The number of fused-ring (bicyclic) bond motifs is 1. The molecule has 0 aliphatic carbocycles. The van der Waals surface area contributed by atoms with E-state index in [1.807, 2.05) is 48.8 Å². The van der Waals surface area contributed by atoms with Crippen molar-refractivity contribution in [2.24, 2.45) is 0 Å². The van der Waals surface area contributed by atoms with Crippen molar-refractivity contribution in [1.82, 2.24) is 9.97 Å². The summed E-state index contributed by atoms with van der Waals surface area (Å²) in [5.74, 6) is 0. The van der Waals surface area contributed by atoms with E-state index in [-0.39, 0.29) is 20.1 Å². The van der Waals surface area contributed by atoms with Gasteiger partial charge in [0.2, 0.25) is 0 Å². The second-order valence-corrected chi connectivity index (χ2v) is 5.11. The first-order valence-electron chi connectivity index (χ1n) is 7.18. The third-order valence-corrected chi connectivity index (χ3v) is 3.73. The van der Waals surface area contributed by atoms with Crippen molar-refractivity contribution in [3.8, 4) is 22.4 Å². The van der Waals surface area contributed by atoms with Crippen LogP contribution in [0.3, 0.4) is 0 Å². The molecule has 0 bridgehead atoms. The van der Waals surface area contributed by atoms with E-state index in [0.29, 0.717) is 0 Å². The standard InChI is InChI=1S/C20H13N2.Ir/c1-2-9-19-15(5-1)10-12-22-20(19)17-7-3-6-16(13-17)18-8-4-11-21-14-18;/h1-6,8-14H;/q-1;. The second-order valence-electron chi connectivity index (χ2n) is 5.11. The van der Waals surface area contributed by atoms with Gasteiger partial charge in [0.05, 0.1) is 0 Å². The fourth-order valence-electron chi connectivity index (χ4n) is 2.65. The summed E-state index contributed by atoms with van der Waals surface area (Å²) < 4.78 is 0. The molecule has 2 heterocycles. The van der Waals surface area contributed by atoms with Crippen LogP contribution in [0.15, 0.2) is 79.3 Å². The smallest absolute Gasteiger partial charge is 0.0330 e. The summed E-state index contributed by atoms with van der Waals surface area (Å²) in [5, 5.41) is 2.33. The molecule has 0 aliphatic heterocycles. The summed E-state index contributed by atoms with van der Waals surface area (Å²) in [5.41, 5.74) is 4.18. The molecule has 4 aromatic rings. The van der Waals surface area contributed by atoms with E-state index in [1.54, 1.807) is 6.20 Å². The quantitative estimate of drug-likeness (QED) is 0.393. The Labute approximate surface area is 148 Å². The van der Waals surface area contributed by atoms with Crippen molar-refractivity contribution < 1.29 is 20.1 Å². The van der Waals surface area contributed by atoms with Crippen molar-refractivity contribution in [2.45, 2.75) is 0 Å². The van der Waals surface area contributed by atoms with Crippen LogP contribution >= 0.6 is 0 Å². The molecule has 113 valence electrons. The number of hydrogen-bond acceptors (Lipinski definition) is 2. The number of nitrogens with zero attached hydrogens (tertiary/aromatic N) is 2. The molecule has 0 fully saturated rings. The third-order valence-electron chi connectivity index (χ3n) is 3.73. The SMILES string of the molecule is [Ir].[c-]1ccc(-c2cccnc2)cc1-c1nccc2ccccc12. The number of benzene rings is 2. The Bertz CT molecular complexity index is 931. The molecule has 0 unspecified atom stereocenters. The summed E-state index contributed by atoms with van der Waals surface area (Å²) in [6.07, 6.45) is 5.50. The maximum atomic E-state index is 4.57. The zero-order chi connectivity index (χ0) is 14.8. The fourth-order valence-corrected chi connectivity index (χ4v) is 2.65. The number of pyridine rings is 2. The Hall–Kier alpha value is -2.35. The molecule has 0 saturated heterocycles. The van der Waals surface area contributed by atoms with Gasteiger partial charge < -0.3 is 4.98 Å². The zero-order valence-electron chi connectivity index (χ0n) is 12.2. The summed E-state index contributed by atoms with van der Waals surface area (Å²) >= 11 is 0. The predicted octanol–water partition coefficient (Wildman–Crippen LogP) is 4.76. The normalized spacial score (nSPS) is 10.3. The first-order valence-corrected chi connectivity index (χ1v) is 7.18. The molecule has 0 N–H and O–H groups in total. The van der Waals surface area contributed by atoms with Gasteiger partial charge in [-0.05, 0) is 34.2 Å². The van der Waals surface area contributed by atoms with Gasteiger partial charge >= 0.3 is 0 Å². The maximum Gasteiger partial charge on any atom is 0.0330 e. The molecule has 1 radical (unpaired) electrons. The molecular formula is C20H13IrN2-. The third kappa shape index (κ3) is 3.07. The molecule has 0 aliphatic rings. The van der Waals surface area contributed by atoms with E-state index in [4.69, 9.17) is 0 Å². The van der Waals surface area contributed by atoms with E-state index < -0.39 is 0 Å². The Morgan fingerprint density at radius 2 is 1.74 bits per heavy atom. The molecule has 0 amide bonds. The van der Waals surface area contributed by atoms with Crippen LogP contribution in [-0.4, -0.2) is 9.97 Å². The molecule has 0 saturated carbocycles. The van der Waals surface area contributed by atoms with Gasteiger partial charge in [0.15, 0.2) is 0 Å². The minimum atomic E-state index is 0. The molecule has 3 heteroatoms. The van der Waals surface area contributed by atoms with Gasteiger partial charge in [-0.2, -0.15) is 0 Å². The topological polar surface area (TPSA) is 25.8 Å². The van der Waals surface area contributed by atoms with Crippen LogP contribution < -0.4 is 0 Å². The van der Waals surface area contributed by atoms with Crippen LogP contribution in [-0.2, 0) is 20.1 Å². The zero-order valence-corrected chi connectivity index (χ0v) is 14.6. The minimum Gasteiger partial charge on any atom is -0.304 e. The first-order chi connectivity index (χ1) is 10.9. The van der Waals surface area contributed by atoms with Crippen molar-refractivity contribution in [3.63, 3.8) is 0 Å². The molecule has 2 aromatic carbocycles. The summed E-state index contributed by atoms with van der Waals surface area (Å²) in [6, 6.07) is 23.7. The van der Waals surface area contributed by atoms with E-state index in [2.05, 4.69) is 40.3 Å². The van der Waals surface area contributed by atoms with Crippen molar-refractivity contribution in [2.75, 3.05) is 0 Å². The van der Waals surface area contributed by atoms with Crippen LogP contribution in [0.25, 0.3) is 33.2 Å². The summed E-state index contributed by atoms with van der Waals surface area (Å²) in [7, 11) is 0. The van der Waals surface area contributed by atoms with Crippen LogP contribution in [0.4, 0.5) is 0 Å². The van der Waals surface area contributed by atoms with Gasteiger partial charge in [0.25, 0.3) is 0 Å². The van der Waals surface area contributed by atoms with Gasteiger partial charge in [-0.25, -0.2) is 0 Å². The minimum absolute atomic E-state index is 0. The van der Waals surface area contributed by atoms with Crippen molar-refractivity contribution >= 4 is 10.8 Å². The van der Waals surface area contributed by atoms with Crippen LogP contribution in [0.5, 0.6) is 0 Å². The Morgan fingerprint density at radius 3 is 2.61 bits per heavy atom. The van der Waals surface area contributed by atoms with E-state index >= 15 is 0 Å². The number of hydrogen-bond donors (Lipinski definition) is 0. The van der Waals surface area contributed by atoms with Gasteiger partial charge in [0, 0.05) is 38.7 Å². The monoisotopic (exact) mass is 474 g/mol. The molecular weight excluding hydrogens is 460 g/mol. The average Bonchev–Trinajstić information content (AvgIpc) is 2.62. The first kappa shape index (κ1) is 15.5. The molecule has 4 rings (SSSR count). The average molecular weight is 474 g/mol. The van der Waals surface area contributed by atoms with Gasteiger partial charge in [-0.1, -0.05) is 35.9 Å². The molecule has 0 spiro atoms. The van der Waals surface area contributed by atoms with Crippen molar-refractivity contribution in [1.29, 1.82) is 0 Å². The molecule has 2 aromatic heterocycles. The van der Waals surface area contributed by atoms with Crippen LogP contribution in [0.1, 0.15) is 0 Å². The number of aromatic nitrogens is 2. The molecule has 0 atom stereocenters. The predicted molar refractivity (Wildman–Crippen MR) is 89.2 cm³/mol. The van der Waals surface area contributed by atoms with Crippen LogP contribution in [0, 0.1) is 6.07 Å². The Morgan fingerprint density at radius 1 is 0.826 bits per heavy atom. The van der Waals surface area contributed by atoms with E-state index in [9.17, 15) is 0 Å². The van der Waals surface area contributed by atoms with Crippen molar-refractivity contribution in [3.05, 3.63) is 85.3 Å². The maximum absolute atomic E-state index is 4.57. The van der Waals surface area contributed by atoms with E-state index in [1.165, 1.54) is 5.39 Å². The number of rotatable bonds is 2. The van der Waals surface area contributed by atoms with Crippen LogP contribution in [0.2, 0.25) is 0 Å². The van der Waals surface area contributed by atoms with Gasteiger partial charge in [-0.3, -0.25) is 4.98 Å². The molecule has 23 heavy (non-hydrogen) atoms.